The van der Waals surface area contributed by atoms with Crippen molar-refractivity contribution in [1.29, 1.82) is 0 Å². The van der Waals surface area contributed by atoms with E-state index in [4.69, 9.17) is 33.2 Å². The second-order valence-electron chi connectivity index (χ2n) is 30.5. The number of carbonyl (C=O) groups excluding carboxylic acids is 10. The Hall–Kier alpha value is -16.2. The fourth-order valence-corrected chi connectivity index (χ4v) is 13.7. The molecule has 0 saturated carbocycles. The number of ether oxygens (including phenoxy) is 7. The molecule has 0 spiro atoms. The number of amides is 8. The van der Waals surface area contributed by atoms with Crippen LogP contribution in [0.25, 0.3) is 65.3 Å². The van der Waals surface area contributed by atoms with Crippen molar-refractivity contribution in [1.82, 2.24) is 19.9 Å². The van der Waals surface area contributed by atoms with Gasteiger partial charge in [0.15, 0.2) is 33.0 Å². The summed E-state index contributed by atoms with van der Waals surface area (Å²) in [6, 6.07) is 72.1. The number of alkyl halides is 1. The highest BCUT2D eigenvalue weighted by Crippen LogP contribution is 2.48. The van der Waals surface area contributed by atoms with Crippen molar-refractivity contribution in [3.63, 3.8) is 0 Å². The Balaban J connectivity index is 0.000000199. The van der Waals surface area contributed by atoms with Gasteiger partial charge in [-0.1, -0.05) is 169 Å². The molecule has 128 heavy (non-hydrogen) atoms. The number of nitrogens with zero attached hydrogens (tertiary/aromatic N) is 4. The molecule has 0 radical (unpaired) electrons. The molecule has 0 unspecified atom stereocenters. The lowest BCUT2D eigenvalue weighted by Crippen LogP contribution is -2.27. The van der Waals surface area contributed by atoms with Crippen LogP contribution in [0.1, 0.15) is 90.4 Å². The number of hydrogen-bond donors (Lipinski definition) is 9. The predicted octanol–water partition coefficient (Wildman–Crippen LogP) is 17.4. The SMILES string of the molecule is C.CC(C)(C)OC(=O)CBr.CC(C)(C)OC(=O)COc1cc2cc(c1)C(=O)Nc1cccc(n1)NC(=O)COc1ccc3ccccc3c1-c1c(ccc3ccccc13)OCC(=O)Nc1cccc(n1)NC2=O.O=C1COc2ccc3ccccc3c2-c2c(ccc3ccccc23)OCC(=O)Nc2cccc(n2)NC(=O)c2cc(O)cc(c2)C(=O)Nc2cccc(n2)N1. The van der Waals surface area contributed by atoms with Crippen molar-refractivity contribution >= 4 is 165 Å². The summed E-state index contributed by atoms with van der Waals surface area (Å²) in [6.45, 7) is 8.53. The van der Waals surface area contributed by atoms with Crippen molar-refractivity contribution in [2.24, 2.45) is 0 Å². The second kappa shape index (κ2) is 40.0. The van der Waals surface area contributed by atoms with Crippen molar-refractivity contribution < 1.29 is 86.2 Å². The molecule has 14 aromatic rings. The molecule has 30 nitrogen and oxygen atoms in total. The lowest BCUT2D eigenvalue weighted by Gasteiger charge is -2.19. The summed E-state index contributed by atoms with van der Waals surface area (Å²) in [5.74, 6) is -3.56. The minimum absolute atomic E-state index is 0. The Morgan fingerprint density at radius 1 is 0.336 bits per heavy atom. The Kier molecular flexibility index (Phi) is 28.0. The molecule has 31 heteroatoms. The van der Waals surface area contributed by atoms with Gasteiger partial charge in [-0.3, -0.25) is 43.2 Å². The Bertz CT molecular complexity index is 6320. The van der Waals surface area contributed by atoms with E-state index in [0.717, 1.165) is 43.1 Å². The number of pyridine rings is 4. The first kappa shape index (κ1) is 89.6. The third kappa shape index (κ3) is 23.2. The van der Waals surface area contributed by atoms with Gasteiger partial charge in [-0.2, -0.15) is 0 Å². The number of phenolic OH excluding ortho intramolecular Hbond substituents is 1. The first-order valence-electron chi connectivity index (χ1n) is 39.6. The van der Waals surface area contributed by atoms with Gasteiger partial charge in [0, 0.05) is 44.5 Å². The van der Waals surface area contributed by atoms with Crippen LogP contribution in [0.2, 0.25) is 0 Å². The van der Waals surface area contributed by atoms with Crippen molar-refractivity contribution in [2.45, 2.75) is 60.2 Å². The van der Waals surface area contributed by atoms with Gasteiger partial charge in [0.1, 0.15) is 97.6 Å². The number of aromatic nitrogens is 4. The molecular formula is C97H85BrN12O18. The summed E-state index contributed by atoms with van der Waals surface area (Å²) in [7, 11) is 0. The fourth-order valence-electron chi connectivity index (χ4n) is 13.6. The van der Waals surface area contributed by atoms with E-state index in [1.54, 1.807) is 93.6 Å². The summed E-state index contributed by atoms with van der Waals surface area (Å²) in [5, 5.41) is 39.1. The van der Waals surface area contributed by atoms with Gasteiger partial charge in [-0.15, -0.1) is 0 Å². The van der Waals surface area contributed by atoms with E-state index in [1.807, 2.05) is 142 Å². The number of aromatic hydroxyl groups is 1. The molecule has 6 heterocycles. The van der Waals surface area contributed by atoms with Crippen LogP contribution in [0.5, 0.6) is 34.5 Å². The number of phenols is 1. The summed E-state index contributed by atoms with van der Waals surface area (Å²) in [6.07, 6.45) is 0. The molecule has 9 N–H and O–H groups in total. The molecule has 0 fully saturated rings. The van der Waals surface area contributed by atoms with Crippen LogP contribution in [0.15, 0.2) is 255 Å². The summed E-state index contributed by atoms with van der Waals surface area (Å²) in [5.41, 5.74) is 1.37. The molecule has 16 rings (SSSR count). The van der Waals surface area contributed by atoms with E-state index in [-0.39, 0.29) is 105 Å². The monoisotopic (exact) mass is 1780 g/mol. The smallest absolute Gasteiger partial charge is 0.344 e. The maximum atomic E-state index is 13.7. The van der Waals surface area contributed by atoms with Crippen molar-refractivity contribution in [3.05, 3.63) is 277 Å². The molecule has 648 valence electrons. The largest absolute Gasteiger partial charge is 0.508 e. The van der Waals surface area contributed by atoms with Gasteiger partial charge in [0.2, 0.25) is 0 Å². The topological polar surface area (TPSA) is 403 Å². The van der Waals surface area contributed by atoms with Crippen LogP contribution in [-0.4, -0.2) is 134 Å². The summed E-state index contributed by atoms with van der Waals surface area (Å²) in [4.78, 5) is 148. The quantitative estimate of drug-likeness (QED) is 0.0583. The number of hydrogen-bond acceptors (Lipinski definition) is 22. The predicted molar refractivity (Wildman–Crippen MR) is 491 cm³/mol. The first-order chi connectivity index (χ1) is 61.1. The van der Waals surface area contributed by atoms with Gasteiger partial charge >= 0.3 is 11.9 Å². The van der Waals surface area contributed by atoms with E-state index >= 15 is 0 Å². The van der Waals surface area contributed by atoms with Gasteiger partial charge in [0.05, 0.1) is 0 Å². The van der Waals surface area contributed by atoms with E-state index in [1.165, 1.54) is 60.7 Å². The van der Waals surface area contributed by atoms with Crippen LogP contribution in [0, 0.1) is 0 Å². The number of rotatable bonds is 4. The number of benzene rings is 10. The van der Waals surface area contributed by atoms with E-state index in [2.05, 4.69) is 78.4 Å². The van der Waals surface area contributed by atoms with Gasteiger partial charge < -0.3 is 80.8 Å². The first-order valence-corrected chi connectivity index (χ1v) is 40.7. The normalized spacial score (nSPS) is 13.3. The van der Waals surface area contributed by atoms with Crippen LogP contribution < -0.4 is 66.2 Å². The van der Waals surface area contributed by atoms with Gasteiger partial charge in [0.25, 0.3) is 47.3 Å². The van der Waals surface area contributed by atoms with Gasteiger partial charge in [-0.25, -0.2) is 24.7 Å². The highest BCUT2D eigenvalue weighted by molar-refractivity contribution is 9.09. The number of nitrogens with one attached hydrogen (secondary N) is 8. The fraction of sp³-hybridized carbons (Fsp3) is 0.155. The Morgan fingerprint density at radius 3 is 0.844 bits per heavy atom. The maximum Gasteiger partial charge on any atom is 0.344 e. The number of fused-ring (bicyclic) bond motifs is 26. The molecule has 8 amide bonds. The number of esters is 2. The molecule has 0 aliphatic carbocycles. The third-order valence-electron chi connectivity index (χ3n) is 18.7. The van der Waals surface area contributed by atoms with Crippen LogP contribution in [0.3, 0.4) is 0 Å². The van der Waals surface area contributed by atoms with E-state index < -0.39 is 91.9 Å². The molecule has 4 aromatic heterocycles. The lowest BCUT2D eigenvalue weighted by atomic mass is 9.92. The average Bonchev–Trinajstić information content (AvgIpc) is 0.756. The van der Waals surface area contributed by atoms with E-state index in [9.17, 15) is 53.1 Å². The Morgan fingerprint density at radius 2 is 0.586 bits per heavy atom. The highest BCUT2D eigenvalue weighted by Gasteiger charge is 2.27. The molecule has 2 aliphatic heterocycles. The zero-order chi connectivity index (χ0) is 89.5. The standard InChI is InChI=1S/C48H40N6O9.C42H30N6O7.C6H11BrO2.CH4/c1-48(2,3)63-43(57)27-60-32-23-30-22-31(24-32)47(59)54-40-17-9-15-38(50-40)52-42(56)26-62-36-21-19-29-11-5-7-13-34(29)45(36)44-33-12-6-4-10-28(33)18-20-35(44)61-25-41(55)51-37-14-8-16-39(49-37)53-46(30)58;49-28-20-26-19-27(21-28)42(53)48-36-14-6-12-34(44-36)46-38(51)23-55-32-18-16-25-8-2-4-10-30(25)40(32)39-29-9-3-1-7-24(29)15-17-31(39)54-22-37(50)45-33-11-5-13-35(43-33)47-41(26)52;1-6(2,3)9-5(8)4-7;/h4-24H,25-27H2,1-3H3,(H2,49,51,53,55,58)(H2,50,52,54,56,59);1-21,49H,22-23H2,(H2,43,45,47,50,52)(H2,44,46,48,51,53);4H2,1-3H3;1H4. The zero-order valence-electron chi connectivity index (χ0n) is 69.0. The molecule has 0 saturated heterocycles. The second-order valence-corrected chi connectivity index (χ2v) is 31.1. The zero-order valence-corrected chi connectivity index (χ0v) is 70.6. The minimum Gasteiger partial charge on any atom is -0.508 e. The number of halogens is 1. The lowest BCUT2D eigenvalue weighted by molar-refractivity contribution is -0.157. The number of carbonyl (C=O) groups is 10. The maximum absolute atomic E-state index is 13.7. The summed E-state index contributed by atoms with van der Waals surface area (Å²) >= 11 is 2.99. The molecule has 12 bridgehead atoms. The highest BCUT2D eigenvalue weighted by atomic mass is 79.9. The number of anilines is 8. The average molecular weight is 1790 g/mol. The Labute approximate surface area is 741 Å². The summed E-state index contributed by atoms with van der Waals surface area (Å²) < 4.78 is 41.0. The van der Waals surface area contributed by atoms with Crippen molar-refractivity contribution in [3.8, 4) is 56.8 Å². The van der Waals surface area contributed by atoms with Gasteiger partial charge in [-0.05, 0) is 194 Å². The van der Waals surface area contributed by atoms with Crippen LogP contribution in [0.4, 0.5) is 46.5 Å². The minimum atomic E-state index is -0.772. The molecule has 2 aliphatic rings. The molecule has 10 aromatic carbocycles. The van der Waals surface area contributed by atoms with E-state index in [0.29, 0.717) is 45.3 Å². The molecule has 0 atom stereocenters. The van der Waals surface area contributed by atoms with Crippen LogP contribution in [-0.2, 0) is 38.2 Å². The molecular weight excluding hydrogens is 1700 g/mol. The van der Waals surface area contributed by atoms with Crippen molar-refractivity contribution in [2.75, 3.05) is 80.9 Å². The van der Waals surface area contributed by atoms with Crippen LogP contribution >= 0.6 is 15.9 Å². The third-order valence-corrected chi connectivity index (χ3v) is 19.2.